The Balaban J connectivity index is 2.24. The molecule has 0 saturated heterocycles. The minimum Gasteiger partial charge on any atom is -0.492 e. The van der Waals surface area contributed by atoms with E-state index in [1.54, 1.807) is 14.0 Å². The minimum absolute atomic E-state index is 0.165. The standard InChI is InChI=1S/C14H19F3N2O/c1-3-19(9-14(15,16)17)11-8-20-12-7-5-4-6-10(12)13(11)18-2/h4-7,11,13,18H,3,8-9H2,1-2H3. The average Bonchev–Trinajstić information content (AvgIpc) is 2.42. The molecule has 0 spiro atoms. The summed E-state index contributed by atoms with van der Waals surface area (Å²) in [6.45, 7) is 1.40. The summed E-state index contributed by atoms with van der Waals surface area (Å²) >= 11 is 0. The molecular formula is C14H19F3N2O. The van der Waals surface area contributed by atoms with E-state index in [2.05, 4.69) is 5.32 Å². The number of nitrogens with zero attached hydrogens (tertiary/aromatic N) is 1. The summed E-state index contributed by atoms with van der Waals surface area (Å²) in [5.41, 5.74) is 0.909. The maximum Gasteiger partial charge on any atom is 0.401 e. The molecule has 1 heterocycles. The molecule has 1 aliphatic rings. The number of para-hydroxylation sites is 1. The highest BCUT2D eigenvalue weighted by Gasteiger charge is 2.38. The molecule has 0 aliphatic carbocycles. The lowest BCUT2D eigenvalue weighted by Crippen LogP contribution is -2.52. The highest BCUT2D eigenvalue weighted by molar-refractivity contribution is 5.38. The lowest BCUT2D eigenvalue weighted by molar-refractivity contribution is -0.153. The molecule has 1 N–H and O–H groups in total. The predicted octanol–water partition coefficient (Wildman–Crippen LogP) is 2.59. The Morgan fingerprint density at radius 3 is 2.65 bits per heavy atom. The van der Waals surface area contributed by atoms with Crippen LogP contribution in [0.4, 0.5) is 13.2 Å². The van der Waals surface area contributed by atoms with Crippen molar-refractivity contribution >= 4 is 0 Å². The summed E-state index contributed by atoms with van der Waals surface area (Å²) < 4.78 is 43.6. The van der Waals surface area contributed by atoms with Gasteiger partial charge in [-0.05, 0) is 19.7 Å². The van der Waals surface area contributed by atoms with E-state index in [4.69, 9.17) is 4.74 Å². The summed E-state index contributed by atoms with van der Waals surface area (Å²) in [7, 11) is 1.77. The number of likely N-dealkylation sites (N-methyl/N-ethyl adjacent to an activating group) is 2. The van der Waals surface area contributed by atoms with Crippen LogP contribution in [0.5, 0.6) is 5.75 Å². The van der Waals surface area contributed by atoms with Crippen LogP contribution in [0.1, 0.15) is 18.5 Å². The fraction of sp³-hybridized carbons (Fsp3) is 0.571. The summed E-state index contributed by atoms with van der Waals surface area (Å²) in [5.74, 6) is 0.742. The van der Waals surface area contributed by atoms with Crippen LogP contribution in [0, 0.1) is 0 Å². The van der Waals surface area contributed by atoms with Crippen molar-refractivity contribution in [2.75, 3.05) is 26.7 Å². The van der Waals surface area contributed by atoms with Gasteiger partial charge in [0.25, 0.3) is 0 Å². The van der Waals surface area contributed by atoms with E-state index in [1.807, 2.05) is 24.3 Å². The van der Waals surface area contributed by atoms with Crippen molar-refractivity contribution in [3.8, 4) is 5.75 Å². The largest absolute Gasteiger partial charge is 0.492 e. The smallest absolute Gasteiger partial charge is 0.401 e. The normalized spacial score (nSPS) is 22.5. The second-order valence-corrected chi connectivity index (χ2v) is 4.86. The lowest BCUT2D eigenvalue weighted by atomic mass is 9.95. The third-order valence-electron chi connectivity index (χ3n) is 3.62. The molecule has 112 valence electrons. The SMILES string of the molecule is CCN(CC(F)(F)F)C1COc2ccccc2C1NC. The summed E-state index contributed by atoms with van der Waals surface area (Å²) in [6, 6.07) is 6.97. The highest BCUT2D eigenvalue weighted by Crippen LogP contribution is 2.34. The lowest BCUT2D eigenvalue weighted by Gasteiger charge is -2.40. The van der Waals surface area contributed by atoms with Crippen molar-refractivity contribution in [2.24, 2.45) is 0 Å². The Morgan fingerprint density at radius 1 is 1.35 bits per heavy atom. The van der Waals surface area contributed by atoms with Gasteiger partial charge in [0, 0.05) is 5.56 Å². The molecule has 0 radical (unpaired) electrons. The Labute approximate surface area is 116 Å². The Bertz CT molecular complexity index is 450. The molecule has 1 aromatic carbocycles. The molecule has 0 aromatic heterocycles. The van der Waals surface area contributed by atoms with Gasteiger partial charge in [-0.15, -0.1) is 0 Å². The van der Waals surface area contributed by atoms with Gasteiger partial charge < -0.3 is 10.1 Å². The number of nitrogens with one attached hydrogen (secondary N) is 1. The number of benzene rings is 1. The average molecular weight is 288 g/mol. The first-order valence-electron chi connectivity index (χ1n) is 6.66. The number of rotatable bonds is 4. The molecule has 0 bridgehead atoms. The summed E-state index contributed by atoms with van der Waals surface area (Å²) in [6.07, 6.45) is -4.20. The molecule has 1 aliphatic heterocycles. The van der Waals surface area contributed by atoms with Crippen molar-refractivity contribution < 1.29 is 17.9 Å². The quantitative estimate of drug-likeness (QED) is 0.921. The van der Waals surface area contributed by atoms with Crippen molar-refractivity contribution in [3.63, 3.8) is 0 Å². The Kier molecular flexibility index (Phi) is 4.55. The van der Waals surface area contributed by atoms with Crippen LogP contribution < -0.4 is 10.1 Å². The summed E-state index contributed by atoms with van der Waals surface area (Å²) in [4.78, 5) is 1.41. The topological polar surface area (TPSA) is 24.5 Å². The maximum atomic E-state index is 12.7. The van der Waals surface area contributed by atoms with Gasteiger partial charge in [-0.1, -0.05) is 25.1 Å². The van der Waals surface area contributed by atoms with E-state index in [0.717, 1.165) is 11.3 Å². The van der Waals surface area contributed by atoms with Gasteiger partial charge in [0.1, 0.15) is 12.4 Å². The number of hydrogen-bond donors (Lipinski definition) is 1. The Hall–Kier alpha value is -1.27. The van der Waals surface area contributed by atoms with E-state index < -0.39 is 12.7 Å². The van der Waals surface area contributed by atoms with Gasteiger partial charge in [-0.3, -0.25) is 4.90 Å². The highest BCUT2D eigenvalue weighted by atomic mass is 19.4. The van der Waals surface area contributed by atoms with Crippen LogP contribution in [0.3, 0.4) is 0 Å². The molecule has 0 fully saturated rings. The molecule has 2 rings (SSSR count). The maximum absolute atomic E-state index is 12.7. The first-order valence-corrected chi connectivity index (χ1v) is 6.66. The van der Waals surface area contributed by atoms with Crippen molar-refractivity contribution in [2.45, 2.75) is 25.2 Å². The zero-order valence-corrected chi connectivity index (χ0v) is 11.6. The number of fused-ring (bicyclic) bond motifs is 1. The summed E-state index contributed by atoms with van der Waals surface area (Å²) in [5, 5.41) is 3.12. The fourth-order valence-electron chi connectivity index (χ4n) is 2.71. The minimum atomic E-state index is -4.20. The van der Waals surface area contributed by atoms with Crippen molar-refractivity contribution in [1.82, 2.24) is 10.2 Å². The zero-order chi connectivity index (χ0) is 14.8. The van der Waals surface area contributed by atoms with Gasteiger partial charge in [-0.25, -0.2) is 0 Å². The van der Waals surface area contributed by atoms with Crippen LogP contribution in [0.25, 0.3) is 0 Å². The molecule has 6 heteroatoms. The van der Waals surface area contributed by atoms with Gasteiger partial charge in [0.15, 0.2) is 0 Å². The predicted molar refractivity (Wildman–Crippen MR) is 70.8 cm³/mol. The molecular weight excluding hydrogens is 269 g/mol. The molecule has 0 amide bonds. The van der Waals surface area contributed by atoms with Crippen LogP contribution in [0.2, 0.25) is 0 Å². The number of halogens is 3. The third-order valence-corrected chi connectivity index (χ3v) is 3.62. The van der Waals surface area contributed by atoms with Gasteiger partial charge >= 0.3 is 6.18 Å². The van der Waals surface area contributed by atoms with Crippen LogP contribution in [-0.2, 0) is 0 Å². The molecule has 0 saturated carbocycles. The van der Waals surface area contributed by atoms with Crippen molar-refractivity contribution in [3.05, 3.63) is 29.8 Å². The van der Waals surface area contributed by atoms with Gasteiger partial charge in [-0.2, -0.15) is 13.2 Å². The van der Waals surface area contributed by atoms with E-state index in [9.17, 15) is 13.2 Å². The van der Waals surface area contributed by atoms with Gasteiger partial charge in [0.2, 0.25) is 0 Å². The van der Waals surface area contributed by atoms with Gasteiger partial charge in [0.05, 0.1) is 18.6 Å². The monoisotopic (exact) mass is 288 g/mol. The second kappa shape index (κ2) is 6.01. The number of hydrogen-bond acceptors (Lipinski definition) is 3. The van der Waals surface area contributed by atoms with Crippen molar-refractivity contribution in [1.29, 1.82) is 0 Å². The van der Waals surface area contributed by atoms with Crippen LogP contribution in [-0.4, -0.2) is 43.9 Å². The number of alkyl halides is 3. The first-order chi connectivity index (χ1) is 9.46. The first kappa shape index (κ1) is 15.1. The Morgan fingerprint density at radius 2 is 2.05 bits per heavy atom. The van der Waals surface area contributed by atoms with E-state index in [1.165, 1.54) is 4.90 Å². The fourth-order valence-corrected chi connectivity index (χ4v) is 2.71. The second-order valence-electron chi connectivity index (χ2n) is 4.86. The number of ether oxygens (including phenoxy) is 1. The molecule has 3 nitrogen and oxygen atoms in total. The van der Waals surface area contributed by atoms with Crippen LogP contribution >= 0.6 is 0 Å². The molecule has 1 aromatic rings. The van der Waals surface area contributed by atoms with Crippen LogP contribution in [0.15, 0.2) is 24.3 Å². The van der Waals surface area contributed by atoms with E-state index in [0.29, 0.717) is 6.54 Å². The molecule has 2 atom stereocenters. The van der Waals surface area contributed by atoms with E-state index >= 15 is 0 Å². The molecule has 20 heavy (non-hydrogen) atoms. The molecule has 2 unspecified atom stereocenters. The van der Waals surface area contributed by atoms with E-state index in [-0.39, 0.29) is 18.7 Å². The third kappa shape index (κ3) is 3.24. The zero-order valence-electron chi connectivity index (χ0n) is 11.6.